The van der Waals surface area contributed by atoms with Crippen LogP contribution < -0.4 is 0 Å². The van der Waals surface area contributed by atoms with E-state index < -0.39 is 23.6 Å². The van der Waals surface area contributed by atoms with Gasteiger partial charge in [-0.25, -0.2) is 4.79 Å². The molecule has 1 N–H and O–H groups in total. The van der Waals surface area contributed by atoms with Gasteiger partial charge in [0, 0.05) is 13.1 Å². The van der Waals surface area contributed by atoms with Crippen LogP contribution in [0.25, 0.3) is 0 Å². The molecule has 0 saturated carbocycles. The Morgan fingerprint density at radius 2 is 2.00 bits per heavy atom. The Bertz CT molecular complexity index is 348. The molecule has 1 amide bonds. The summed E-state index contributed by atoms with van der Waals surface area (Å²) in [4.78, 5) is 25.0. The molecule has 0 aromatic rings. The summed E-state index contributed by atoms with van der Waals surface area (Å²) in [5, 5.41) is 9.36. The molecule has 20 heavy (non-hydrogen) atoms. The van der Waals surface area contributed by atoms with E-state index in [1.165, 1.54) is 4.90 Å². The minimum absolute atomic E-state index is 0.172. The van der Waals surface area contributed by atoms with Gasteiger partial charge in [0.2, 0.25) is 0 Å². The lowest BCUT2D eigenvalue weighted by Crippen LogP contribution is -2.48. The van der Waals surface area contributed by atoms with Gasteiger partial charge in [0.1, 0.15) is 5.60 Å². The molecule has 2 unspecified atom stereocenters. The first-order chi connectivity index (χ1) is 9.24. The molecule has 0 aromatic heterocycles. The number of hydrogen-bond donors (Lipinski definition) is 1. The molecule has 0 aromatic carbocycles. The summed E-state index contributed by atoms with van der Waals surface area (Å²) in [6, 6.07) is 0. The first kappa shape index (κ1) is 16.8. The number of amides is 1. The van der Waals surface area contributed by atoms with Crippen molar-refractivity contribution in [2.24, 2.45) is 11.8 Å². The van der Waals surface area contributed by atoms with Crippen molar-refractivity contribution in [3.05, 3.63) is 0 Å². The summed E-state index contributed by atoms with van der Waals surface area (Å²) in [5.74, 6) is -1.10. The maximum Gasteiger partial charge on any atom is 0.410 e. The van der Waals surface area contributed by atoms with E-state index in [1.807, 2.05) is 20.8 Å². The van der Waals surface area contributed by atoms with Crippen LogP contribution in [0.15, 0.2) is 0 Å². The van der Waals surface area contributed by atoms with Gasteiger partial charge in [-0.05, 0) is 39.5 Å². The molecule has 1 saturated heterocycles. The van der Waals surface area contributed by atoms with Gasteiger partial charge >= 0.3 is 12.1 Å². The van der Waals surface area contributed by atoms with Crippen molar-refractivity contribution >= 4 is 12.1 Å². The number of carbonyl (C=O) groups excluding carboxylic acids is 1. The quantitative estimate of drug-likeness (QED) is 0.861. The van der Waals surface area contributed by atoms with Gasteiger partial charge in [-0.1, -0.05) is 19.8 Å². The molecule has 0 bridgehead atoms. The number of nitrogens with zero attached hydrogens (tertiary/aromatic N) is 1. The molecule has 1 fully saturated rings. The van der Waals surface area contributed by atoms with Crippen LogP contribution in [0.2, 0.25) is 0 Å². The number of likely N-dealkylation sites (tertiary alicyclic amines) is 1. The molecule has 5 nitrogen and oxygen atoms in total. The molecule has 116 valence electrons. The van der Waals surface area contributed by atoms with Crippen LogP contribution in [-0.4, -0.2) is 40.8 Å². The summed E-state index contributed by atoms with van der Waals surface area (Å²) in [7, 11) is 0. The first-order valence-corrected chi connectivity index (χ1v) is 7.45. The Morgan fingerprint density at radius 1 is 1.35 bits per heavy atom. The van der Waals surface area contributed by atoms with E-state index in [4.69, 9.17) is 4.74 Å². The van der Waals surface area contributed by atoms with E-state index in [0.717, 1.165) is 25.7 Å². The topological polar surface area (TPSA) is 66.8 Å². The van der Waals surface area contributed by atoms with Gasteiger partial charge in [0.15, 0.2) is 0 Å². The van der Waals surface area contributed by atoms with Crippen molar-refractivity contribution in [3.8, 4) is 0 Å². The number of unbranched alkanes of at least 4 members (excludes halogenated alkanes) is 1. The normalized spacial score (nSPS) is 23.5. The Balaban J connectivity index is 2.64. The van der Waals surface area contributed by atoms with Gasteiger partial charge in [-0.15, -0.1) is 0 Å². The van der Waals surface area contributed by atoms with Crippen LogP contribution in [0.1, 0.15) is 53.4 Å². The van der Waals surface area contributed by atoms with Gasteiger partial charge in [-0.3, -0.25) is 4.79 Å². The summed E-state index contributed by atoms with van der Waals surface area (Å²) >= 11 is 0. The van der Waals surface area contributed by atoms with Crippen molar-refractivity contribution in [3.63, 3.8) is 0 Å². The summed E-state index contributed by atoms with van der Waals surface area (Å²) < 4.78 is 5.32. The van der Waals surface area contributed by atoms with Gasteiger partial charge in [-0.2, -0.15) is 0 Å². The highest BCUT2D eigenvalue weighted by atomic mass is 16.6. The highest BCUT2D eigenvalue weighted by Crippen LogP contribution is 2.29. The molecule has 1 rings (SSSR count). The van der Waals surface area contributed by atoms with Crippen LogP contribution >= 0.6 is 0 Å². The highest BCUT2D eigenvalue weighted by molar-refractivity contribution is 5.73. The third-order valence-electron chi connectivity index (χ3n) is 3.65. The molecular weight excluding hydrogens is 258 g/mol. The minimum Gasteiger partial charge on any atom is -0.481 e. The van der Waals surface area contributed by atoms with Gasteiger partial charge in [0.05, 0.1) is 5.92 Å². The fraction of sp³-hybridized carbons (Fsp3) is 0.867. The number of hydrogen-bond acceptors (Lipinski definition) is 3. The minimum atomic E-state index is -0.806. The predicted molar refractivity (Wildman–Crippen MR) is 76.6 cm³/mol. The Kier molecular flexibility index (Phi) is 5.84. The van der Waals surface area contributed by atoms with Crippen molar-refractivity contribution in [2.45, 2.75) is 59.0 Å². The Morgan fingerprint density at radius 3 is 2.50 bits per heavy atom. The molecule has 0 aliphatic carbocycles. The Hall–Kier alpha value is -1.26. The average Bonchev–Trinajstić information content (AvgIpc) is 2.33. The summed E-state index contributed by atoms with van der Waals surface area (Å²) in [6.07, 6.45) is 3.38. The maximum atomic E-state index is 12.0. The van der Waals surface area contributed by atoms with Crippen LogP contribution in [-0.2, 0) is 9.53 Å². The number of carbonyl (C=O) groups is 2. The standard InChI is InChI=1S/C15H27NO4/c1-5-6-7-11-8-9-16(10-12(11)13(17)18)14(19)20-15(2,3)4/h11-12H,5-10H2,1-4H3,(H,17,18). The van der Waals surface area contributed by atoms with Crippen molar-refractivity contribution in [2.75, 3.05) is 13.1 Å². The molecule has 2 atom stereocenters. The van der Waals surface area contributed by atoms with Crippen molar-refractivity contribution < 1.29 is 19.4 Å². The van der Waals surface area contributed by atoms with Crippen LogP contribution in [0.3, 0.4) is 0 Å². The number of ether oxygens (including phenoxy) is 1. The number of aliphatic carboxylic acids is 1. The van der Waals surface area contributed by atoms with Crippen LogP contribution in [0, 0.1) is 11.8 Å². The molecule has 1 heterocycles. The lowest BCUT2D eigenvalue weighted by molar-refractivity contribution is -0.145. The second-order valence-corrected chi connectivity index (χ2v) is 6.56. The number of carboxylic acids is 1. The third kappa shape index (κ3) is 5.02. The van der Waals surface area contributed by atoms with E-state index in [9.17, 15) is 14.7 Å². The number of rotatable bonds is 4. The third-order valence-corrected chi connectivity index (χ3v) is 3.65. The summed E-state index contributed by atoms with van der Waals surface area (Å²) in [5.41, 5.74) is -0.547. The number of piperidine rings is 1. The van der Waals surface area contributed by atoms with Crippen LogP contribution in [0.5, 0.6) is 0 Å². The molecule has 1 aliphatic heterocycles. The van der Waals surface area contributed by atoms with Gasteiger partial charge < -0.3 is 14.7 Å². The second-order valence-electron chi connectivity index (χ2n) is 6.56. The lowest BCUT2D eigenvalue weighted by atomic mass is 9.82. The SMILES string of the molecule is CCCCC1CCN(C(=O)OC(C)(C)C)CC1C(=O)O. The zero-order valence-electron chi connectivity index (χ0n) is 13.0. The fourth-order valence-electron chi connectivity index (χ4n) is 2.58. The molecule has 0 radical (unpaired) electrons. The van der Waals surface area contributed by atoms with E-state index in [0.29, 0.717) is 6.54 Å². The van der Waals surface area contributed by atoms with Crippen molar-refractivity contribution in [1.82, 2.24) is 4.90 Å². The van der Waals surface area contributed by atoms with E-state index in [1.54, 1.807) is 0 Å². The predicted octanol–water partition coefficient (Wildman–Crippen LogP) is 3.13. The van der Waals surface area contributed by atoms with E-state index >= 15 is 0 Å². The molecule has 1 aliphatic rings. The highest BCUT2D eigenvalue weighted by Gasteiger charge is 2.36. The maximum absolute atomic E-state index is 12.0. The Labute approximate surface area is 121 Å². The molecule has 5 heteroatoms. The van der Waals surface area contributed by atoms with Gasteiger partial charge in [0.25, 0.3) is 0 Å². The lowest BCUT2D eigenvalue weighted by Gasteiger charge is -2.37. The van der Waals surface area contributed by atoms with Crippen molar-refractivity contribution in [1.29, 1.82) is 0 Å². The largest absolute Gasteiger partial charge is 0.481 e. The second kappa shape index (κ2) is 6.95. The molecular formula is C15H27NO4. The average molecular weight is 285 g/mol. The monoisotopic (exact) mass is 285 g/mol. The smallest absolute Gasteiger partial charge is 0.410 e. The molecule has 0 spiro atoms. The van der Waals surface area contributed by atoms with E-state index in [2.05, 4.69) is 6.92 Å². The van der Waals surface area contributed by atoms with Crippen LogP contribution in [0.4, 0.5) is 4.79 Å². The summed E-state index contributed by atoms with van der Waals surface area (Å²) in [6.45, 7) is 8.39. The zero-order valence-corrected chi connectivity index (χ0v) is 13.0. The fourth-order valence-corrected chi connectivity index (χ4v) is 2.58. The number of carboxylic acid groups (broad SMARTS) is 1. The zero-order chi connectivity index (χ0) is 15.3. The van der Waals surface area contributed by atoms with E-state index in [-0.39, 0.29) is 12.5 Å². The first-order valence-electron chi connectivity index (χ1n) is 7.45.